The van der Waals surface area contributed by atoms with Crippen LogP contribution in [0.25, 0.3) is 0 Å². The average Bonchev–Trinajstić information content (AvgIpc) is 2.78. The lowest BCUT2D eigenvalue weighted by atomic mass is 10.2. The first-order valence-corrected chi connectivity index (χ1v) is 5.00. The smallest absolute Gasteiger partial charge is 0.510 e. The topological polar surface area (TPSA) is 81.0 Å². The maximum atomic E-state index is 13.9. The van der Waals surface area contributed by atoms with E-state index in [-0.39, 0.29) is 17.0 Å². The number of nitrogens with zero attached hydrogens (tertiary/aromatic N) is 1. The summed E-state index contributed by atoms with van der Waals surface area (Å²) in [6.07, 6.45) is 0.375. The van der Waals surface area contributed by atoms with Crippen LogP contribution in [-0.4, -0.2) is 35.6 Å². The normalized spacial score (nSPS) is 16.2. The van der Waals surface area contributed by atoms with Crippen molar-refractivity contribution in [3.63, 3.8) is 0 Å². The van der Waals surface area contributed by atoms with Gasteiger partial charge in [-0.15, -0.1) is 0 Å². The van der Waals surface area contributed by atoms with Crippen molar-refractivity contribution in [1.29, 1.82) is 0 Å². The van der Waals surface area contributed by atoms with Crippen LogP contribution in [0.2, 0.25) is 0 Å². The molecule has 0 unspecified atom stereocenters. The SMILES string of the molecule is Cc1c(OB(O)O)cnc(C2OCCO2)c1F. The molecule has 0 spiro atoms. The summed E-state index contributed by atoms with van der Waals surface area (Å²) in [6.45, 7) is 2.21. The monoisotopic (exact) mass is 243 g/mol. The fourth-order valence-corrected chi connectivity index (χ4v) is 1.49. The van der Waals surface area contributed by atoms with E-state index < -0.39 is 19.4 Å². The van der Waals surface area contributed by atoms with Crippen LogP contribution in [-0.2, 0) is 9.47 Å². The number of rotatable bonds is 3. The van der Waals surface area contributed by atoms with Crippen molar-refractivity contribution < 1.29 is 28.6 Å². The van der Waals surface area contributed by atoms with E-state index in [1.54, 1.807) is 0 Å². The molecule has 2 heterocycles. The van der Waals surface area contributed by atoms with Crippen LogP contribution in [0, 0.1) is 12.7 Å². The zero-order valence-electron chi connectivity index (χ0n) is 9.09. The molecule has 0 aliphatic carbocycles. The third kappa shape index (κ3) is 2.55. The van der Waals surface area contributed by atoms with Crippen molar-refractivity contribution in [3.05, 3.63) is 23.3 Å². The largest absolute Gasteiger partial charge is 0.707 e. The van der Waals surface area contributed by atoms with Crippen molar-refractivity contribution in [2.45, 2.75) is 13.2 Å². The molecule has 1 aliphatic rings. The second-order valence-electron chi connectivity index (χ2n) is 3.46. The summed E-state index contributed by atoms with van der Waals surface area (Å²) < 4.78 is 28.7. The molecule has 1 aromatic rings. The molecule has 1 fully saturated rings. The third-order valence-electron chi connectivity index (χ3n) is 2.32. The Balaban J connectivity index is 2.28. The van der Waals surface area contributed by atoms with E-state index in [2.05, 4.69) is 9.64 Å². The quantitative estimate of drug-likeness (QED) is 0.723. The Kier molecular flexibility index (Phi) is 3.58. The summed E-state index contributed by atoms with van der Waals surface area (Å²) >= 11 is 0. The first-order chi connectivity index (χ1) is 8.09. The van der Waals surface area contributed by atoms with Crippen molar-refractivity contribution in [2.24, 2.45) is 0 Å². The highest BCUT2D eigenvalue weighted by molar-refractivity contribution is 6.33. The van der Waals surface area contributed by atoms with E-state index in [1.165, 1.54) is 13.1 Å². The Hall–Kier alpha value is -1.22. The van der Waals surface area contributed by atoms with Gasteiger partial charge in [-0.2, -0.15) is 0 Å². The minimum atomic E-state index is -2.01. The van der Waals surface area contributed by atoms with Crippen LogP contribution in [0.5, 0.6) is 5.75 Å². The van der Waals surface area contributed by atoms with Crippen LogP contribution >= 0.6 is 0 Å². The van der Waals surface area contributed by atoms with Crippen molar-refractivity contribution in [2.75, 3.05) is 13.2 Å². The number of ether oxygens (including phenoxy) is 2. The molecule has 1 aliphatic heterocycles. The molecule has 8 heteroatoms. The van der Waals surface area contributed by atoms with Gasteiger partial charge in [0.25, 0.3) is 0 Å². The van der Waals surface area contributed by atoms with Gasteiger partial charge in [0.2, 0.25) is 6.29 Å². The molecule has 1 aromatic heterocycles. The van der Waals surface area contributed by atoms with E-state index in [1.807, 2.05) is 0 Å². The summed E-state index contributed by atoms with van der Waals surface area (Å²) in [5.74, 6) is -0.686. The number of halogens is 1. The molecule has 17 heavy (non-hydrogen) atoms. The molecule has 6 nitrogen and oxygen atoms in total. The molecular weight excluding hydrogens is 232 g/mol. The van der Waals surface area contributed by atoms with E-state index >= 15 is 0 Å². The Labute approximate surface area is 97.1 Å². The van der Waals surface area contributed by atoms with Gasteiger partial charge in [0.05, 0.1) is 19.4 Å². The molecule has 0 saturated carbocycles. The second kappa shape index (κ2) is 4.97. The van der Waals surface area contributed by atoms with Crippen molar-refractivity contribution in [1.82, 2.24) is 4.98 Å². The molecule has 2 N–H and O–H groups in total. The predicted molar refractivity (Wildman–Crippen MR) is 54.4 cm³/mol. The lowest BCUT2D eigenvalue weighted by Gasteiger charge is -2.13. The highest BCUT2D eigenvalue weighted by Crippen LogP contribution is 2.29. The molecule has 92 valence electrons. The van der Waals surface area contributed by atoms with Gasteiger partial charge in [0.15, 0.2) is 5.82 Å². The Morgan fingerprint density at radius 1 is 1.47 bits per heavy atom. The lowest BCUT2D eigenvalue weighted by molar-refractivity contribution is -0.0499. The van der Waals surface area contributed by atoms with E-state index in [0.717, 1.165) is 0 Å². The van der Waals surface area contributed by atoms with Gasteiger partial charge in [-0.25, -0.2) is 9.37 Å². The zero-order valence-corrected chi connectivity index (χ0v) is 9.09. The van der Waals surface area contributed by atoms with E-state index in [4.69, 9.17) is 19.5 Å². The Bertz CT molecular complexity index is 411. The van der Waals surface area contributed by atoms with Gasteiger partial charge in [-0.1, -0.05) is 0 Å². The van der Waals surface area contributed by atoms with E-state index in [9.17, 15) is 4.39 Å². The van der Waals surface area contributed by atoms with E-state index in [0.29, 0.717) is 13.2 Å². The molecule has 0 amide bonds. The standard InChI is InChI=1S/C9H11BFNO5/c1-5-6(17-10(13)14)4-12-8(7(5)11)9-15-2-3-16-9/h4,9,13-14H,2-3H2,1H3. The molecule has 0 radical (unpaired) electrons. The highest BCUT2D eigenvalue weighted by Gasteiger charge is 2.26. The molecule has 1 saturated heterocycles. The van der Waals surface area contributed by atoms with Gasteiger partial charge in [0, 0.05) is 5.56 Å². The lowest BCUT2D eigenvalue weighted by Crippen LogP contribution is -2.22. The summed E-state index contributed by atoms with van der Waals surface area (Å²) in [4.78, 5) is 3.80. The van der Waals surface area contributed by atoms with Crippen LogP contribution in [0.4, 0.5) is 4.39 Å². The maximum absolute atomic E-state index is 13.9. The van der Waals surface area contributed by atoms with Crippen molar-refractivity contribution in [3.8, 4) is 5.75 Å². The van der Waals surface area contributed by atoms with Gasteiger partial charge >= 0.3 is 7.32 Å². The zero-order chi connectivity index (χ0) is 12.4. The minimum Gasteiger partial charge on any atom is -0.510 e. The van der Waals surface area contributed by atoms with Gasteiger partial charge < -0.3 is 24.2 Å². The van der Waals surface area contributed by atoms with Crippen LogP contribution < -0.4 is 4.65 Å². The molecule has 0 atom stereocenters. The minimum absolute atomic E-state index is 0.0276. The number of hydrogen-bond donors (Lipinski definition) is 2. The van der Waals surface area contributed by atoms with Gasteiger partial charge in [-0.05, 0) is 6.92 Å². The van der Waals surface area contributed by atoms with Crippen molar-refractivity contribution >= 4 is 7.32 Å². The van der Waals surface area contributed by atoms with Gasteiger partial charge in [0.1, 0.15) is 11.4 Å². The summed E-state index contributed by atoms with van der Waals surface area (Å²) in [5.41, 5.74) is 0.141. The predicted octanol–water partition coefficient (Wildman–Crippen LogP) is -0.0772. The van der Waals surface area contributed by atoms with Crippen LogP contribution in [0.3, 0.4) is 0 Å². The first-order valence-electron chi connectivity index (χ1n) is 5.00. The Morgan fingerprint density at radius 3 is 2.71 bits per heavy atom. The second-order valence-corrected chi connectivity index (χ2v) is 3.46. The highest BCUT2D eigenvalue weighted by atomic mass is 19.1. The molecule has 2 rings (SSSR count). The fourth-order valence-electron chi connectivity index (χ4n) is 1.49. The fraction of sp³-hybridized carbons (Fsp3) is 0.444. The summed E-state index contributed by atoms with van der Waals surface area (Å²) in [7, 11) is -2.01. The number of aromatic nitrogens is 1. The molecule has 0 bridgehead atoms. The summed E-state index contributed by atoms with van der Waals surface area (Å²) in [5, 5.41) is 17.3. The van der Waals surface area contributed by atoms with Crippen LogP contribution in [0.1, 0.15) is 17.5 Å². The third-order valence-corrected chi connectivity index (χ3v) is 2.32. The molecular formula is C9H11BFNO5. The molecule has 0 aromatic carbocycles. The van der Waals surface area contributed by atoms with Gasteiger partial charge in [-0.3, -0.25) is 0 Å². The summed E-state index contributed by atoms with van der Waals surface area (Å²) in [6, 6.07) is 0. The average molecular weight is 243 g/mol. The number of hydrogen-bond acceptors (Lipinski definition) is 6. The van der Waals surface area contributed by atoms with Crippen LogP contribution in [0.15, 0.2) is 6.20 Å². The first kappa shape index (κ1) is 12.2. The maximum Gasteiger partial charge on any atom is 0.707 e. The number of pyridine rings is 1. The Morgan fingerprint density at radius 2 is 2.12 bits per heavy atom.